The Kier molecular flexibility index (Phi) is 5.82. The van der Waals surface area contributed by atoms with Crippen LogP contribution in [-0.2, 0) is 6.18 Å². The van der Waals surface area contributed by atoms with E-state index in [1.807, 2.05) is 6.92 Å². The lowest BCUT2D eigenvalue weighted by molar-refractivity contribution is -0.137. The van der Waals surface area contributed by atoms with Gasteiger partial charge in [-0.3, -0.25) is 0 Å². The largest absolute Gasteiger partial charge is 0.416 e. The summed E-state index contributed by atoms with van der Waals surface area (Å²) in [5.41, 5.74) is 4.77. The van der Waals surface area contributed by atoms with Gasteiger partial charge in [0.2, 0.25) is 0 Å². The van der Waals surface area contributed by atoms with Crippen molar-refractivity contribution in [3.8, 4) is 0 Å². The third-order valence-corrected chi connectivity index (χ3v) is 2.70. The van der Waals surface area contributed by atoms with Gasteiger partial charge in [-0.1, -0.05) is 19.4 Å². The molecule has 0 spiro atoms. The van der Waals surface area contributed by atoms with E-state index in [-0.39, 0.29) is 18.3 Å². The van der Waals surface area contributed by atoms with Gasteiger partial charge >= 0.3 is 12.2 Å². The van der Waals surface area contributed by atoms with Crippen molar-refractivity contribution < 1.29 is 18.0 Å². The Bertz CT molecular complexity index is 449. The summed E-state index contributed by atoms with van der Waals surface area (Å²) >= 11 is 0. The number of hydrogen-bond donors (Lipinski definition) is 3. The van der Waals surface area contributed by atoms with Gasteiger partial charge in [-0.15, -0.1) is 0 Å². The number of halogens is 3. The Balaban J connectivity index is 2.66. The van der Waals surface area contributed by atoms with Crippen molar-refractivity contribution in [3.63, 3.8) is 0 Å². The lowest BCUT2D eigenvalue weighted by atomic mass is 10.2. The number of amides is 2. The van der Waals surface area contributed by atoms with Gasteiger partial charge in [0.05, 0.1) is 5.56 Å². The molecule has 1 unspecified atom stereocenters. The van der Waals surface area contributed by atoms with E-state index in [4.69, 9.17) is 5.73 Å². The highest BCUT2D eigenvalue weighted by Crippen LogP contribution is 2.30. The van der Waals surface area contributed by atoms with Gasteiger partial charge in [0.15, 0.2) is 0 Å². The van der Waals surface area contributed by atoms with Crippen molar-refractivity contribution in [3.05, 3.63) is 29.8 Å². The second kappa shape index (κ2) is 7.14. The summed E-state index contributed by atoms with van der Waals surface area (Å²) in [7, 11) is 0. The van der Waals surface area contributed by atoms with Crippen LogP contribution in [0, 0.1) is 0 Å². The van der Waals surface area contributed by atoms with Crippen LogP contribution in [0.2, 0.25) is 0 Å². The standard InChI is InChI=1S/C13H18F3N3O/c1-2-4-11(8-17)19-12(20)18-10-6-3-5-9(7-10)13(14,15)16/h3,5-7,11H,2,4,8,17H2,1H3,(H2,18,19,20). The Hall–Kier alpha value is -1.76. The van der Waals surface area contributed by atoms with E-state index in [0.29, 0.717) is 6.42 Å². The molecule has 1 rings (SSSR count). The quantitative estimate of drug-likeness (QED) is 0.780. The second-order valence-electron chi connectivity index (χ2n) is 4.40. The molecule has 0 bridgehead atoms. The molecule has 0 heterocycles. The highest BCUT2D eigenvalue weighted by molar-refractivity contribution is 5.89. The first-order chi connectivity index (χ1) is 9.36. The Morgan fingerprint density at radius 3 is 2.65 bits per heavy atom. The minimum Gasteiger partial charge on any atom is -0.334 e. The zero-order valence-electron chi connectivity index (χ0n) is 11.1. The number of anilines is 1. The average Bonchev–Trinajstić information content (AvgIpc) is 2.37. The molecule has 4 N–H and O–H groups in total. The fourth-order valence-corrected chi connectivity index (χ4v) is 1.72. The molecule has 0 aliphatic heterocycles. The number of urea groups is 1. The molecule has 0 aromatic heterocycles. The second-order valence-corrected chi connectivity index (χ2v) is 4.40. The monoisotopic (exact) mass is 289 g/mol. The predicted octanol–water partition coefficient (Wildman–Crippen LogP) is 2.95. The molecule has 7 heteroatoms. The minimum atomic E-state index is -4.43. The van der Waals surface area contributed by atoms with Gasteiger partial charge in [0.1, 0.15) is 0 Å². The minimum absolute atomic E-state index is 0.0876. The van der Waals surface area contributed by atoms with E-state index >= 15 is 0 Å². The van der Waals surface area contributed by atoms with Crippen molar-refractivity contribution in [1.29, 1.82) is 0 Å². The summed E-state index contributed by atoms with van der Waals surface area (Å²) in [6.45, 7) is 2.24. The average molecular weight is 289 g/mol. The summed E-state index contributed by atoms with van der Waals surface area (Å²) in [5.74, 6) is 0. The van der Waals surface area contributed by atoms with Crippen molar-refractivity contribution in [2.75, 3.05) is 11.9 Å². The number of carbonyl (C=O) groups excluding carboxylic acids is 1. The molecule has 20 heavy (non-hydrogen) atoms. The van der Waals surface area contributed by atoms with Crippen LogP contribution in [0.15, 0.2) is 24.3 Å². The smallest absolute Gasteiger partial charge is 0.334 e. The number of rotatable bonds is 5. The van der Waals surface area contributed by atoms with Crippen LogP contribution in [-0.4, -0.2) is 18.6 Å². The first-order valence-electron chi connectivity index (χ1n) is 6.31. The van der Waals surface area contributed by atoms with Gasteiger partial charge in [-0.25, -0.2) is 4.79 Å². The fraction of sp³-hybridized carbons (Fsp3) is 0.462. The van der Waals surface area contributed by atoms with Gasteiger partial charge in [-0.05, 0) is 24.6 Å². The maximum Gasteiger partial charge on any atom is 0.416 e. The third-order valence-electron chi connectivity index (χ3n) is 2.70. The number of carbonyl (C=O) groups is 1. The van der Waals surface area contributed by atoms with Crippen LogP contribution in [0.3, 0.4) is 0 Å². The van der Waals surface area contributed by atoms with E-state index in [9.17, 15) is 18.0 Å². The number of alkyl halides is 3. The van der Waals surface area contributed by atoms with E-state index in [2.05, 4.69) is 10.6 Å². The molecule has 0 saturated carbocycles. The van der Waals surface area contributed by atoms with Crippen molar-refractivity contribution in [2.45, 2.75) is 32.0 Å². The van der Waals surface area contributed by atoms with E-state index < -0.39 is 17.8 Å². The molecule has 0 aliphatic carbocycles. The van der Waals surface area contributed by atoms with E-state index in [0.717, 1.165) is 18.6 Å². The summed E-state index contributed by atoms with van der Waals surface area (Å²) in [5, 5.41) is 4.99. The normalized spacial score (nSPS) is 12.8. The predicted molar refractivity (Wildman–Crippen MR) is 71.3 cm³/mol. The number of nitrogens with two attached hydrogens (primary N) is 1. The molecule has 0 radical (unpaired) electrons. The summed E-state index contributed by atoms with van der Waals surface area (Å²) < 4.78 is 37.6. The molecule has 0 fully saturated rings. The Labute approximate surface area is 115 Å². The van der Waals surface area contributed by atoms with Crippen molar-refractivity contribution >= 4 is 11.7 Å². The Morgan fingerprint density at radius 1 is 1.40 bits per heavy atom. The zero-order chi connectivity index (χ0) is 15.2. The maximum atomic E-state index is 12.5. The molecular weight excluding hydrogens is 271 g/mol. The number of nitrogens with one attached hydrogen (secondary N) is 2. The topological polar surface area (TPSA) is 67.1 Å². The molecule has 1 aromatic rings. The molecule has 1 atom stereocenters. The summed E-state index contributed by atoms with van der Waals surface area (Å²) in [6, 6.07) is 3.72. The lowest BCUT2D eigenvalue weighted by Crippen LogP contribution is -2.42. The van der Waals surface area contributed by atoms with Crippen molar-refractivity contribution in [2.24, 2.45) is 5.73 Å². The lowest BCUT2D eigenvalue weighted by Gasteiger charge is -2.17. The Morgan fingerprint density at radius 2 is 2.10 bits per heavy atom. The summed E-state index contributed by atoms with van der Waals surface area (Å²) in [4.78, 5) is 11.7. The van der Waals surface area contributed by atoms with E-state index in [1.165, 1.54) is 12.1 Å². The van der Waals surface area contributed by atoms with Gasteiger partial charge in [0.25, 0.3) is 0 Å². The first-order valence-corrected chi connectivity index (χ1v) is 6.31. The van der Waals surface area contributed by atoms with Gasteiger partial charge in [-0.2, -0.15) is 13.2 Å². The number of hydrogen-bond acceptors (Lipinski definition) is 2. The van der Waals surface area contributed by atoms with Crippen LogP contribution >= 0.6 is 0 Å². The van der Waals surface area contributed by atoms with Crippen LogP contribution in [0.1, 0.15) is 25.3 Å². The third kappa shape index (κ3) is 5.08. The highest BCUT2D eigenvalue weighted by Gasteiger charge is 2.30. The molecule has 2 amide bonds. The molecule has 0 aliphatic rings. The molecule has 112 valence electrons. The molecule has 1 aromatic carbocycles. The van der Waals surface area contributed by atoms with Gasteiger partial charge < -0.3 is 16.4 Å². The van der Waals surface area contributed by atoms with Crippen LogP contribution in [0.4, 0.5) is 23.7 Å². The highest BCUT2D eigenvalue weighted by atomic mass is 19.4. The molecule has 4 nitrogen and oxygen atoms in total. The summed E-state index contributed by atoms with van der Waals surface area (Å²) in [6.07, 6.45) is -2.87. The van der Waals surface area contributed by atoms with Crippen LogP contribution in [0.25, 0.3) is 0 Å². The zero-order valence-corrected chi connectivity index (χ0v) is 11.1. The number of benzene rings is 1. The maximum absolute atomic E-state index is 12.5. The SMILES string of the molecule is CCCC(CN)NC(=O)Nc1cccc(C(F)(F)F)c1. The molecular formula is C13H18F3N3O. The van der Waals surface area contributed by atoms with Crippen LogP contribution < -0.4 is 16.4 Å². The van der Waals surface area contributed by atoms with Crippen molar-refractivity contribution in [1.82, 2.24) is 5.32 Å². The fourth-order valence-electron chi connectivity index (χ4n) is 1.72. The van der Waals surface area contributed by atoms with Gasteiger partial charge in [0, 0.05) is 18.3 Å². The first kappa shape index (κ1) is 16.3. The molecule has 0 saturated heterocycles. The van der Waals surface area contributed by atoms with Crippen LogP contribution in [0.5, 0.6) is 0 Å². The van der Waals surface area contributed by atoms with E-state index in [1.54, 1.807) is 0 Å².